The minimum absolute atomic E-state index is 0.113. The molecule has 2 aromatic rings. The molecule has 0 aliphatic carbocycles. The van der Waals surface area contributed by atoms with E-state index >= 15 is 0 Å². The Bertz CT molecular complexity index is 629. The second-order valence-electron chi connectivity index (χ2n) is 5.11. The van der Waals surface area contributed by atoms with Gasteiger partial charge in [0.2, 0.25) is 0 Å². The van der Waals surface area contributed by atoms with E-state index in [9.17, 15) is 4.79 Å². The maximum atomic E-state index is 11.9. The summed E-state index contributed by atoms with van der Waals surface area (Å²) in [7, 11) is 0. The first-order chi connectivity index (χ1) is 9.52. The Labute approximate surface area is 119 Å². The Morgan fingerprint density at radius 2 is 1.95 bits per heavy atom. The fourth-order valence-corrected chi connectivity index (χ4v) is 2.03. The molecule has 0 unspecified atom stereocenters. The van der Waals surface area contributed by atoms with Crippen molar-refractivity contribution in [3.05, 3.63) is 46.8 Å². The van der Waals surface area contributed by atoms with Crippen LogP contribution >= 0.6 is 0 Å². The van der Waals surface area contributed by atoms with Gasteiger partial charge < -0.3 is 5.32 Å². The molecule has 4 heteroatoms. The van der Waals surface area contributed by atoms with Gasteiger partial charge >= 0.3 is 0 Å². The van der Waals surface area contributed by atoms with Crippen LogP contribution in [0.1, 0.15) is 40.7 Å². The van der Waals surface area contributed by atoms with Gasteiger partial charge in [-0.2, -0.15) is 5.10 Å². The minimum atomic E-state index is -0.113. The molecule has 0 radical (unpaired) electrons. The van der Waals surface area contributed by atoms with E-state index in [-0.39, 0.29) is 5.91 Å². The molecule has 1 aromatic heterocycles. The summed E-state index contributed by atoms with van der Waals surface area (Å²) in [6, 6.07) is 8.00. The summed E-state index contributed by atoms with van der Waals surface area (Å²) >= 11 is 0. The van der Waals surface area contributed by atoms with Gasteiger partial charge in [0, 0.05) is 12.2 Å². The van der Waals surface area contributed by atoms with Crippen molar-refractivity contribution in [2.24, 2.45) is 0 Å². The van der Waals surface area contributed by atoms with Crippen LogP contribution in [-0.2, 0) is 0 Å². The van der Waals surface area contributed by atoms with Gasteiger partial charge in [0.15, 0.2) is 5.69 Å². The van der Waals surface area contributed by atoms with E-state index in [2.05, 4.69) is 36.4 Å². The van der Waals surface area contributed by atoms with Gasteiger partial charge in [0.05, 0.1) is 5.69 Å². The van der Waals surface area contributed by atoms with Crippen LogP contribution in [0.3, 0.4) is 0 Å². The normalized spacial score (nSPS) is 10.6. The van der Waals surface area contributed by atoms with Crippen LogP contribution in [0.25, 0.3) is 5.69 Å². The molecule has 2 rings (SSSR count). The van der Waals surface area contributed by atoms with E-state index in [1.165, 1.54) is 11.1 Å². The summed E-state index contributed by atoms with van der Waals surface area (Å²) < 4.78 is 1.81. The van der Waals surface area contributed by atoms with Crippen molar-refractivity contribution < 1.29 is 4.79 Å². The molecule has 20 heavy (non-hydrogen) atoms. The SMILES string of the molecule is CCCNC(=O)c1cc(C)n(-c2ccc(C)c(C)c2)n1. The van der Waals surface area contributed by atoms with E-state index in [0.717, 1.165) is 17.8 Å². The number of amides is 1. The highest BCUT2D eigenvalue weighted by Gasteiger charge is 2.12. The first-order valence-electron chi connectivity index (χ1n) is 6.95. The van der Waals surface area contributed by atoms with Gasteiger partial charge in [-0.15, -0.1) is 0 Å². The molecular weight excluding hydrogens is 250 g/mol. The highest BCUT2D eigenvalue weighted by Crippen LogP contribution is 2.16. The van der Waals surface area contributed by atoms with Crippen LogP contribution in [0.4, 0.5) is 0 Å². The lowest BCUT2D eigenvalue weighted by Crippen LogP contribution is -2.24. The van der Waals surface area contributed by atoms with Crippen LogP contribution in [0.5, 0.6) is 0 Å². The van der Waals surface area contributed by atoms with Crippen LogP contribution in [0.15, 0.2) is 24.3 Å². The molecule has 1 heterocycles. The Kier molecular flexibility index (Phi) is 4.23. The summed E-state index contributed by atoms with van der Waals surface area (Å²) in [5, 5.41) is 7.25. The second kappa shape index (κ2) is 5.90. The highest BCUT2D eigenvalue weighted by atomic mass is 16.1. The van der Waals surface area contributed by atoms with Gasteiger partial charge in [0.25, 0.3) is 5.91 Å². The molecule has 1 aromatic carbocycles. The number of benzene rings is 1. The average Bonchev–Trinajstić information content (AvgIpc) is 2.81. The van der Waals surface area contributed by atoms with E-state index < -0.39 is 0 Å². The number of hydrogen-bond donors (Lipinski definition) is 1. The summed E-state index contributed by atoms with van der Waals surface area (Å²) in [4.78, 5) is 11.9. The third kappa shape index (κ3) is 2.90. The minimum Gasteiger partial charge on any atom is -0.351 e. The lowest BCUT2D eigenvalue weighted by molar-refractivity contribution is 0.0948. The zero-order chi connectivity index (χ0) is 14.7. The summed E-state index contributed by atoms with van der Waals surface area (Å²) in [5.74, 6) is -0.113. The molecule has 0 aliphatic heterocycles. The van der Waals surface area contributed by atoms with Gasteiger partial charge in [-0.3, -0.25) is 4.79 Å². The van der Waals surface area contributed by atoms with Crippen LogP contribution in [-0.4, -0.2) is 22.2 Å². The Morgan fingerprint density at radius 1 is 1.20 bits per heavy atom. The molecule has 0 saturated carbocycles. The number of nitrogens with zero attached hydrogens (tertiary/aromatic N) is 2. The number of aromatic nitrogens is 2. The lowest BCUT2D eigenvalue weighted by Gasteiger charge is -2.07. The fourth-order valence-electron chi connectivity index (χ4n) is 2.03. The number of rotatable bonds is 4. The second-order valence-corrected chi connectivity index (χ2v) is 5.11. The molecule has 0 atom stereocenters. The molecule has 0 spiro atoms. The smallest absolute Gasteiger partial charge is 0.271 e. The topological polar surface area (TPSA) is 46.9 Å². The van der Waals surface area contributed by atoms with Gasteiger partial charge in [-0.05, 0) is 56.5 Å². The number of nitrogens with one attached hydrogen (secondary N) is 1. The average molecular weight is 271 g/mol. The van der Waals surface area contributed by atoms with Gasteiger partial charge in [-0.1, -0.05) is 13.0 Å². The van der Waals surface area contributed by atoms with Gasteiger partial charge in [-0.25, -0.2) is 4.68 Å². The number of carbonyl (C=O) groups is 1. The van der Waals surface area contributed by atoms with Crippen molar-refractivity contribution in [2.75, 3.05) is 6.54 Å². The first-order valence-corrected chi connectivity index (χ1v) is 6.95. The Morgan fingerprint density at radius 3 is 2.60 bits per heavy atom. The van der Waals surface area contributed by atoms with Gasteiger partial charge in [0.1, 0.15) is 0 Å². The third-order valence-electron chi connectivity index (χ3n) is 3.39. The fraction of sp³-hybridized carbons (Fsp3) is 0.375. The van der Waals surface area contributed by atoms with Crippen LogP contribution in [0, 0.1) is 20.8 Å². The molecule has 0 bridgehead atoms. The largest absolute Gasteiger partial charge is 0.351 e. The molecule has 0 aliphatic rings. The predicted octanol–water partition coefficient (Wildman–Crippen LogP) is 2.94. The highest BCUT2D eigenvalue weighted by molar-refractivity contribution is 5.92. The molecule has 1 amide bonds. The molecule has 4 nitrogen and oxygen atoms in total. The number of carbonyl (C=O) groups excluding carboxylic acids is 1. The van der Waals surface area contributed by atoms with Crippen molar-refractivity contribution in [3.8, 4) is 5.69 Å². The zero-order valence-corrected chi connectivity index (χ0v) is 12.5. The zero-order valence-electron chi connectivity index (χ0n) is 12.5. The van der Waals surface area contributed by atoms with E-state index in [4.69, 9.17) is 0 Å². The van der Waals surface area contributed by atoms with E-state index in [0.29, 0.717) is 12.2 Å². The molecule has 106 valence electrons. The van der Waals surface area contributed by atoms with Crippen molar-refractivity contribution in [2.45, 2.75) is 34.1 Å². The molecule has 0 saturated heterocycles. The van der Waals surface area contributed by atoms with Crippen molar-refractivity contribution in [3.63, 3.8) is 0 Å². The predicted molar refractivity (Wildman–Crippen MR) is 80.4 cm³/mol. The standard InChI is InChI=1S/C16H21N3O/c1-5-8-17-16(20)15-10-13(4)19(18-15)14-7-6-11(2)12(3)9-14/h6-7,9-10H,5,8H2,1-4H3,(H,17,20). The van der Waals surface area contributed by atoms with E-state index in [1.807, 2.05) is 30.7 Å². The van der Waals surface area contributed by atoms with E-state index in [1.54, 1.807) is 0 Å². The molecule has 0 fully saturated rings. The first kappa shape index (κ1) is 14.3. The van der Waals surface area contributed by atoms with Crippen molar-refractivity contribution in [1.82, 2.24) is 15.1 Å². The van der Waals surface area contributed by atoms with Crippen molar-refractivity contribution >= 4 is 5.91 Å². The molecular formula is C16H21N3O. The summed E-state index contributed by atoms with van der Waals surface area (Å²) in [6.45, 7) is 8.82. The monoisotopic (exact) mass is 271 g/mol. The number of hydrogen-bond acceptors (Lipinski definition) is 2. The maximum absolute atomic E-state index is 11.9. The Hall–Kier alpha value is -2.10. The number of aryl methyl sites for hydroxylation is 3. The van der Waals surface area contributed by atoms with Crippen LogP contribution < -0.4 is 5.32 Å². The summed E-state index contributed by atoms with van der Waals surface area (Å²) in [5.41, 5.74) is 4.87. The van der Waals surface area contributed by atoms with Crippen molar-refractivity contribution in [1.29, 1.82) is 0 Å². The summed E-state index contributed by atoms with van der Waals surface area (Å²) in [6.07, 6.45) is 0.919. The third-order valence-corrected chi connectivity index (χ3v) is 3.39. The van der Waals surface area contributed by atoms with Crippen LogP contribution in [0.2, 0.25) is 0 Å². The molecule has 1 N–H and O–H groups in total. The quantitative estimate of drug-likeness (QED) is 0.929. The maximum Gasteiger partial charge on any atom is 0.271 e. The lowest BCUT2D eigenvalue weighted by atomic mass is 10.1. The Balaban J connectivity index is 2.31.